The molecule has 0 aliphatic heterocycles. The lowest BCUT2D eigenvalue weighted by atomic mass is 10.3. The Bertz CT molecular complexity index is 472. The summed E-state index contributed by atoms with van der Waals surface area (Å²) >= 11 is 0. The van der Waals surface area contributed by atoms with Gasteiger partial charge in [0, 0.05) is 16.5 Å². The van der Waals surface area contributed by atoms with Crippen LogP contribution in [0.1, 0.15) is 5.48 Å². The van der Waals surface area contributed by atoms with E-state index >= 15 is 0 Å². The molecule has 50 valence electrons. The molecule has 0 radical (unpaired) electrons. The van der Waals surface area contributed by atoms with Gasteiger partial charge in [0.2, 0.25) is 0 Å². The van der Waals surface area contributed by atoms with Crippen LogP contribution in [0.5, 0.6) is 0 Å². The normalized spacial score (nSPS) is 17.6. The van der Waals surface area contributed by atoms with Gasteiger partial charge in [0.25, 0.3) is 0 Å². The maximum atomic E-state index is 7.36. The first-order chi connectivity index (χ1) is 6.48. The second kappa shape index (κ2) is 1.84. The summed E-state index contributed by atoms with van der Waals surface area (Å²) < 4.78 is 30.0. The Labute approximate surface area is 64.7 Å². The number of nitrogens with zero attached hydrogens (tertiary/aromatic N) is 2. The highest BCUT2D eigenvalue weighted by molar-refractivity contribution is 5.78. The number of aromatic nitrogens is 2. The van der Waals surface area contributed by atoms with E-state index in [1.165, 1.54) is 6.20 Å². The van der Waals surface area contributed by atoms with Gasteiger partial charge >= 0.3 is 0 Å². The molecule has 0 spiro atoms. The highest BCUT2D eigenvalue weighted by Crippen LogP contribution is 2.09. The van der Waals surface area contributed by atoms with Crippen LogP contribution in [0, 0.1) is 0 Å². The molecule has 1 aromatic carbocycles. The van der Waals surface area contributed by atoms with E-state index in [9.17, 15) is 0 Å². The Morgan fingerprint density at radius 1 is 1.70 bits per heavy atom. The number of hydrogen-bond donors (Lipinski definition) is 0. The first kappa shape index (κ1) is 2.74. The molecule has 0 unspecified atom stereocenters. The molecule has 0 aliphatic carbocycles. The fourth-order valence-corrected chi connectivity index (χ4v) is 0.914. The van der Waals surface area contributed by atoms with Crippen molar-refractivity contribution in [3.05, 3.63) is 30.4 Å². The molecule has 2 nitrogen and oxygen atoms in total. The van der Waals surface area contributed by atoms with Crippen molar-refractivity contribution in [3.63, 3.8) is 0 Å². The lowest BCUT2D eigenvalue weighted by molar-refractivity contribution is 0.797. The Balaban J connectivity index is 2.70. The summed E-state index contributed by atoms with van der Waals surface area (Å²) in [7, 11) is 0. The van der Waals surface area contributed by atoms with Gasteiger partial charge in [-0.2, -0.15) is 5.10 Å². The SMILES string of the molecule is [2H]c1ccc2c(cnn2C([2H])([2H])[2H])c1. The zero-order valence-electron chi connectivity index (χ0n) is 9.20. The van der Waals surface area contributed by atoms with Crippen LogP contribution in [-0.4, -0.2) is 9.78 Å². The summed E-state index contributed by atoms with van der Waals surface area (Å²) in [6.07, 6.45) is 1.46. The summed E-state index contributed by atoms with van der Waals surface area (Å²) in [5.74, 6) is 0. The smallest absolute Gasteiger partial charge is 0.0679 e. The zero-order chi connectivity index (χ0) is 10.3. The quantitative estimate of drug-likeness (QED) is 0.537. The highest BCUT2D eigenvalue weighted by atomic mass is 15.2. The van der Waals surface area contributed by atoms with Crippen molar-refractivity contribution < 1.29 is 5.48 Å². The molecule has 0 fully saturated rings. The van der Waals surface area contributed by atoms with Crippen molar-refractivity contribution in [3.8, 4) is 0 Å². The zero-order valence-corrected chi connectivity index (χ0v) is 5.20. The van der Waals surface area contributed by atoms with Gasteiger partial charge in [-0.15, -0.1) is 0 Å². The standard InChI is InChI=1S/C8H8N2/c1-10-8-5-3-2-4-7(8)6-9-10/h2-6H,1H3/i1D3,2D. The third kappa shape index (κ3) is 0.620. The predicted molar refractivity (Wildman–Crippen MR) is 40.7 cm³/mol. The molecule has 10 heavy (non-hydrogen) atoms. The van der Waals surface area contributed by atoms with E-state index < -0.39 is 6.98 Å². The topological polar surface area (TPSA) is 17.8 Å². The Morgan fingerprint density at radius 2 is 2.70 bits per heavy atom. The van der Waals surface area contributed by atoms with Gasteiger partial charge in [-0.25, -0.2) is 0 Å². The molecule has 0 N–H and O–H groups in total. The predicted octanol–water partition coefficient (Wildman–Crippen LogP) is 1.57. The van der Waals surface area contributed by atoms with E-state index in [-0.39, 0.29) is 0 Å². The van der Waals surface area contributed by atoms with Crippen LogP contribution in [-0.2, 0) is 6.98 Å². The average molecular weight is 136 g/mol. The summed E-state index contributed by atoms with van der Waals surface area (Å²) in [6, 6.07) is 5.08. The molecule has 2 heteroatoms. The number of rotatable bonds is 0. The molecule has 0 amide bonds. The Kier molecular flexibility index (Phi) is 0.504. The van der Waals surface area contributed by atoms with Gasteiger partial charge in [-0.05, 0) is 6.07 Å². The van der Waals surface area contributed by atoms with Gasteiger partial charge in [-0.3, -0.25) is 4.68 Å². The number of aryl methyl sites for hydroxylation is 1. The molecule has 0 aliphatic rings. The number of hydrogen-bond acceptors (Lipinski definition) is 1. The van der Waals surface area contributed by atoms with Crippen molar-refractivity contribution in [2.45, 2.75) is 0 Å². The first-order valence-electron chi connectivity index (χ1n) is 4.93. The maximum Gasteiger partial charge on any atom is 0.0679 e. The van der Waals surface area contributed by atoms with Crippen molar-refractivity contribution >= 4 is 10.9 Å². The highest BCUT2D eigenvalue weighted by Gasteiger charge is 1.93. The largest absolute Gasteiger partial charge is 0.268 e. The van der Waals surface area contributed by atoms with Crippen LogP contribution in [0.3, 0.4) is 0 Å². The minimum absolute atomic E-state index is 0.350. The van der Waals surface area contributed by atoms with Crippen LogP contribution >= 0.6 is 0 Å². The number of benzene rings is 1. The van der Waals surface area contributed by atoms with Gasteiger partial charge in [-0.1, -0.05) is 18.2 Å². The molecule has 1 heterocycles. The average Bonchev–Trinajstić information content (AvgIpc) is 2.45. The fraction of sp³-hybridized carbons (Fsp3) is 0.125. The monoisotopic (exact) mass is 136 g/mol. The molecular formula is C8H8N2. The molecule has 2 aromatic rings. The van der Waals surface area contributed by atoms with Crippen molar-refractivity contribution in [1.82, 2.24) is 9.78 Å². The molecule has 0 saturated carbocycles. The third-order valence-electron chi connectivity index (χ3n) is 1.41. The second-order valence-electron chi connectivity index (χ2n) is 2.04. The van der Waals surface area contributed by atoms with Crippen LogP contribution in [0.15, 0.2) is 30.4 Å². The van der Waals surface area contributed by atoms with E-state index in [2.05, 4.69) is 5.10 Å². The molecule has 0 saturated heterocycles. The molecule has 0 bridgehead atoms. The van der Waals surface area contributed by atoms with Gasteiger partial charge in [0.05, 0.1) is 13.1 Å². The molecule has 2 rings (SSSR count). The summed E-state index contributed by atoms with van der Waals surface area (Å²) in [6.45, 7) is -2.26. The fourth-order valence-electron chi connectivity index (χ4n) is 0.914. The summed E-state index contributed by atoms with van der Waals surface area (Å²) in [5, 5.41) is 4.45. The molecule has 1 aromatic heterocycles. The van der Waals surface area contributed by atoms with Crippen molar-refractivity contribution in [2.75, 3.05) is 0 Å². The number of fused-ring (bicyclic) bond motifs is 1. The van der Waals surface area contributed by atoms with E-state index in [4.69, 9.17) is 5.48 Å². The Morgan fingerprint density at radius 3 is 3.60 bits per heavy atom. The summed E-state index contributed by atoms with van der Waals surface area (Å²) in [5.41, 5.74) is 0.529. The van der Waals surface area contributed by atoms with E-state index in [1.54, 1.807) is 18.2 Å². The minimum atomic E-state index is -2.26. The van der Waals surface area contributed by atoms with Crippen LogP contribution in [0.2, 0.25) is 0 Å². The molecule has 0 atom stereocenters. The minimum Gasteiger partial charge on any atom is -0.268 e. The van der Waals surface area contributed by atoms with Crippen LogP contribution in [0.4, 0.5) is 0 Å². The van der Waals surface area contributed by atoms with Crippen LogP contribution < -0.4 is 0 Å². The van der Waals surface area contributed by atoms with Crippen molar-refractivity contribution in [1.29, 1.82) is 0 Å². The van der Waals surface area contributed by atoms with E-state index in [0.29, 0.717) is 16.9 Å². The lowest BCUT2D eigenvalue weighted by Gasteiger charge is -1.90. The third-order valence-corrected chi connectivity index (χ3v) is 1.41. The van der Waals surface area contributed by atoms with Gasteiger partial charge in [0.15, 0.2) is 0 Å². The van der Waals surface area contributed by atoms with Gasteiger partial charge < -0.3 is 0 Å². The van der Waals surface area contributed by atoms with Crippen LogP contribution in [0.25, 0.3) is 10.9 Å². The van der Waals surface area contributed by atoms with Crippen molar-refractivity contribution in [2.24, 2.45) is 6.98 Å². The number of para-hydroxylation sites is 1. The second-order valence-corrected chi connectivity index (χ2v) is 2.04. The lowest BCUT2D eigenvalue weighted by Crippen LogP contribution is -1.87. The van der Waals surface area contributed by atoms with E-state index in [1.807, 2.05) is 0 Å². The van der Waals surface area contributed by atoms with Gasteiger partial charge in [0.1, 0.15) is 0 Å². The summed E-state index contributed by atoms with van der Waals surface area (Å²) in [4.78, 5) is 0. The maximum absolute atomic E-state index is 7.36. The molecular weight excluding hydrogens is 124 g/mol. The van der Waals surface area contributed by atoms with E-state index in [0.717, 1.165) is 4.68 Å². The first-order valence-corrected chi connectivity index (χ1v) is 2.93. The Hall–Kier alpha value is -1.31.